The topological polar surface area (TPSA) is 0 Å². The van der Waals surface area contributed by atoms with E-state index < -0.39 is 66.1 Å². The quantitative estimate of drug-likeness (QED) is 0.227. The van der Waals surface area contributed by atoms with Crippen molar-refractivity contribution < 1.29 is 83.4 Å². The molecule has 0 bridgehead atoms. The lowest BCUT2D eigenvalue weighted by Gasteiger charge is -2.41. The zero-order valence-electron chi connectivity index (χ0n) is 13.7. The van der Waals surface area contributed by atoms with Gasteiger partial charge < -0.3 is 0 Å². The van der Waals surface area contributed by atoms with Gasteiger partial charge in [-0.3, -0.25) is 0 Å². The summed E-state index contributed by atoms with van der Waals surface area (Å²) in [6.45, 7) is 1.79. The van der Waals surface area contributed by atoms with E-state index in [0.717, 1.165) is 0 Å². The van der Waals surface area contributed by atoms with Crippen molar-refractivity contribution >= 4 is 0 Å². The normalized spacial score (nSPS) is 16.5. The van der Waals surface area contributed by atoms with E-state index in [1.807, 2.05) is 0 Å². The van der Waals surface area contributed by atoms with Crippen LogP contribution in [0.5, 0.6) is 0 Å². The van der Waals surface area contributed by atoms with Gasteiger partial charge in [-0.15, -0.1) is 0 Å². The van der Waals surface area contributed by atoms with Gasteiger partial charge in [-0.05, 0) is 6.08 Å². The standard InChI is InChI=1S/C12H5F19/c1-2-4(13,14)7(19,20)10(25,26)8(21,22)5(15,16)3-6(17,18)9(23,24)11(27,28)12(29,30)31/h2H,1,3H2. The highest BCUT2D eigenvalue weighted by Crippen LogP contribution is 2.61. The minimum absolute atomic E-state index is 1.47. The van der Waals surface area contributed by atoms with Crippen LogP contribution in [0.25, 0.3) is 0 Å². The van der Waals surface area contributed by atoms with Gasteiger partial charge in [0.15, 0.2) is 0 Å². The van der Waals surface area contributed by atoms with E-state index >= 15 is 0 Å². The number of alkyl halides is 19. The first kappa shape index (κ1) is 29.4. The minimum Gasteiger partial charge on any atom is -0.199 e. The van der Waals surface area contributed by atoms with E-state index in [-0.39, 0.29) is 0 Å². The van der Waals surface area contributed by atoms with E-state index in [4.69, 9.17) is 0 Å². The summed E-state index contributed by atoms with van der Waals surface area (Å²) in [6, 6.07) is 0. The van der Waals surface area contributed by atoms with Crippen LogP contribution in [-0.2, 0) is 0 Å². The first-order valence-corrected chi connectivity index (χ1v) is 6.74. The SMILES string of the molecule is C=CC(F)(F)C(F)(F)C(F)(F)C(F)(F)C(F)(F)CC(F)(F)C(F)(F)C(F)(F)C(F)(F)F. The molecule has 0 aliphatic rings. The molecule has 0 aromatic heterocycles. The summed E-state index contributed by atoms with van der Waals surface area (Å²) < 4.78 is 243. The van der Waals surface area contributed by atoms with Gasteiger partial charge in [0.05, 0.1) is 6.42 Å². The summed E-state index contributed by atoms with van der Waals surface area (Å²) >= 11 is 0. The van der Waals surface area contributed by atoms with Crippen LogP contribution in [-0.4, -0.2) is 53.6 Å². The second kappa shape index (κ2) is 7.21. The molecule has 31 heavy (non-hydrogen) atoms. The zero-order chi connectivity index (χ0) is 25.9. The highest BCUT2D eigenvalue weighted by molar-refractivity contribution is 5.14. The van der Waals surface area contributed by atoms with E-state index in [1.165, 1.54) is 0 Å². The molecule has 0 spiro atoms. The van der Waals surface area contributed by atoms with Gasteiger partial charge in [0.2, 0.25) is 0 Å². The van der Waals surface area contributed by atoms with Crippen molar-refractivity contribution in [1.29, 1.82) is 0 Å². The maximum Gasteiger partial charge on any atom is 0.460 e. The van der Waals surface area contributed by atoms with Gasteiger partial charge in [-0.25, -0.2) is 0 Å². The van der Waals surface area contributed by atoms with Crippen LogP contribution in [0.4, 0.5) is 83.4 Å². The summed E-state index contributed by atoms with van der Waals surface area (Å²) in [6.07, 6.45) is -14.1. The average Bonchev–Trinajstić information content (AvgIpc) is 2.51. The number of allylic oxidation sites excluding steroid dienone is 1. The number of hydrogen-bond acceptors (Lipinski definition) is 0. The third kappa shape index (κ3) is 4.00. The molecular formula is C12H5F19. The minimum atomic E-state index is -8.12. The molecule has 0 amide bonds. The smallest absolute Gasteiger partial charge is 0.199 e. The summed E-state index contributed by atoms with van der Waals surface area (Å²) in [4.78, 5) is 0. The van der Waals surface area contributed by atoms with Crippen molar-refractivity contribution in [3.8, 4) is 0 Å². The monoisotopic (exact) mass is 510 g/mol. The Morgan fingerprint density at radius 2 is 0.710 bits per heavy atom. The van der Waals surface area contributed by atoms with Crippen molar-refractivity contribution in [2.45, 2.75) is 60.0 Å². The maximum atomic E-state index is 13.3. The molecule has 0 aliphatic heterocycles. The Hall–Kier alpha value is -1.59. The van der Waals surface area contributed by atoms with Gasteiger partial charge >= 0.3 is 53.6 Å². The molecule has 0 aromatic rings. The molecule has 0 heterocycles. The van der Waals surface area contributed by atoms with Crippen molar-refractivity contribution in [1.82, 2.24) is 0 Å². The highest BCUT2D eigenvalue weighted by Gasteiger charge is 2.88. The second-order valence-electron chi connectivity index (χ2n) is 5.78. The van der Waals surface area contributed by atoms with Crippen LogP contribution in [0.15, 0.2) is 12.7 Å². The fourth-order valence-electron chi connectivity index (χ4n) is 1.67. The van der Waals surface area contributed by atoms with Gasteiger partial charge in [0.1, 0.15) is 0 Å². The third-order valence-corrected chi connectivity index (χ3v) is 3.58. The Balaban J connectivity index is 6.48. The molecule has 0 nitrogen and oxygen atoms in total. The third-order valence-electron chi connectivity index (χ3n) is 3.58. The highest BCUT2D eigenvalue weighted by atomic mass is 19.4. The van der Waals surface area contributed by atoms with Crippen molar-refractivity contribution in [2.24, 2.45) is 0 Å². The van der Waals surface area contributed by atoms with Crippen LogP contribution >= 0.6 is 0 Å². The molecule has 0 fully saturated rings. The lowest BCUT2D eigenvalue weighted by atomic mass is 9.89. The molecule has 0 N–H and O–H groups in total. The Morgan fingerprint density at radius 1 is 0.419 bits per heavy atom. The summed E-state index contributed by atoms with van der Waals surface area (Å²) in [5, 5.41) is 0. The first-order valence-electron chi connectivity index (χ1n) is 6.74. The number of halogens is 19. The van der Waals surface area contributed by atoms with E-state index in [1.54, 1.807) is 6.58 Å². The fraction of sp³-hybridized carbons (Fsp3) is 0.833. The molecule has 0 radical (unpaired) electrons. The van der Waals surface area contributed by atoms with Gasteiger partial charge in [-0.2, -0.15) is 83.4 Å². The predicted molar refractivity (Wildman–Crippen MR) is 60.4 cm³/mol. The molecule has 186 valence electrons. The van der Waals surface area contributed by atoms with Crippen LogP contribution in [0.3, 0.4) is 0 Å². The van der Waals surface area contributed by atoms with E-state index in [0.29, 0.717) is 0 Å². The number of rotatable bonds is 9. The van der Waals surface area contributed by atoms with E-state index in [9.17, 15) is 83.4 Å². The van der Waals surface area contributed by atoms with Crippen LogP contribution in [0.1, 0.15) is 6.42 Å². The van der Waals surface area contributed by atoms with Gasteiger partial charge in [-0.1, -0.05) is 6.58 Å². The summed E-state index contributed by atoms with van der Waals surface area (Å²) in [5.41, 5.74) is 0. The Morgan fingerprint density at radius 3 is 0.968 bits per heavy atom. The fourth-order valence-corrected chi connectivity index (χ4v) is 1.67. The number of hydrogen-bond donors (Lipinski definition) is 0. The van der Waals surface area contributed by atoms with E-state index in [2.05, 4.69) is 0 Å². The molecule has 0 aromatic carbocycles. The van der Waals surface area contributed by atoms with Crippen LogP contribution < -0.4 is 0 Å². The van der Waals surface area contributed by atoms with Crippen LogP contribution in [0, 0.1) is 0 Å². The Labute approximate surface area is 157 Å². The molecular weight excluding hydrogens is 505 g/mol. The van der Waals surface area contributed by atoms with Gasteiger partial charge in [0, 0.05) is 0 Å². The zero-order valence-corrected chi connectivity index (χ0v) is 13.7. The lowest BCUT2D eigenvalue weighted by Crippen LogP contribution is -2.69. The predicted octanol–water partition coefficient (Wildman–Crippen LogP) is 7.21. The van der Waals surface area contributed by atoms with Gasteiger partial charge in [0.25, 0.3) is 0 Å². The second-order valence-corrected chi connectivity index (χ2v) is 5.78. The summed E-state index contributed by atoms with van der Waals surface area (Å²) in [5.74, 6) is -61.4. The Kier molecular flexibility index (Phi) is 6.84. The first-order chi connectivity index (χ1) is 13.0. The van der Waals surface area contributed by atoms with Crippen molar-refractivity contribution in [3.05, 3.63) is 12.7 Å². The molecule has 0 unspecified atom stereocenters. The molecule has 0 saturated carbocycles. The van der Waals surface area contributed by atoms with Crippen molar-refractivity contribution in [2.75, 3.05) is 0 Å². The maximum absolute atomic E-state index is 13.3. The molecule has 19 heteroatoms. The summed E-state index contributed by atoms with van der Waals surface area (Å²) in [7, 11) is 0. The largest absolute Gasteiger partial charge is 0.460 e. The Bertz CT molecular complexity index is 666. The van der Waals surface area contributed by atoms with Crippen LogP contribution in [0.2, 0.25) is 0 Å². The molecule has 0 aliphatic carbocycles. The lowest BCUT2D eigenvalue weighted by molar-refractivity contribution is -0.421. The van der Waals surface area contributed by atoms with Crippen molar-refractivity contribution in [3.63, 3.8) is 0 Å². The average molecular weight is 510 g/mol. The molecule has 0 saturated heterocycles. The molecule has 0 rings (SSSR count). The molecule has 0 atom stereocenters.